The van der Waals surface area contributed by atoms with Crippen molar-refractivity contribution in [3.8, 4) is 11.5 Å². The number of nitrogens with zero attached hydrogens (tertiary/aromatic N) is 3. The summed E-state index contributed by atoms with van der Waals surface area (Å²) in [5.41, 5.74) is 3.78. The Morgan fingerprint density at radius 3 is 2.77 bits per heavy atom. The Morgan fingerprint density at radius 1 is 1.08 bits per heavy atom. The van der Waals surface area contributed by atoms with Crippen LogP contribution in [0.15, 0.2) is 36.4 Å². The molecule has 4 heterocycles. The van der Waals surface area contributed by atoms with Crippen LogP contribution in [0, 0.1) is 5.92 Å². The number of carbonyl (C=O) groups excluding carboxylic acids is 1. The minimum Gasteiger partial charge on any atom is -0.495 e. The van der Waals surface area contributed by atoms with Gasteiger partial charge in [-0.1, -0.05) is 0 Å². The summed E-state index contributed by atoms with van der Waals surface area (Å²) in [7, 11) is 3.50. The molecule has 3 fully saturated rings. The van der Waals surface area contributed by atoms with Crippen molar-refractivity contribution < 1.29 is 23.7 Å². The second-order valence-corrected chi connectivity index (χ2v) is 11.4. The average molecular weight is 536 g/mol. The summed E-state index contributed by atoms with van der Waals surface area (Å²) in [5, 5.41) is 0. The highest BCUT2D eigenvalue weighted by molar-refractivity contribution is 6.08. The monoisotopic (exact) mass is 535 g/mol. The van der Waals surface area contributed by atoms with Crippen molar-refractivity contribution >= 4 is 17.3 Å². The lowest BCUT2D eigenvalue weighted by molar-refractivity contribution is 0.0679. The zero-order valence-corrected chi connectivity index (χ0v) is 23.4. The lowest BCUT2D eigenvalue weighted by Crippen LogP contribution is -2.40. The van der Waals surface area contributed by atoms with Crippen molar-refractivity contribution in [2.24, 2.45) is 5.92 Å². The summed E-state index contributed by atoms with van der Waals surface area (Å²) in [4.78, 5) is 20.5. The molecule has 0 aromatic heterocycles. The van der Waals surface area contributed by atoms with Crippen molar-refractivity contribution in [3.63, 3.8) is 0 Å². The zero-order valence-electron chi connectivity index (χ0n) is 23.4. The molecule has 0 bridgehead atoms. The van der Waals surface area contributed by atoms with Gasteiger partial charge in [-0.2, -0.15) is 0 Å². The van der Waals surface area contributed by atoms with E-state index in [9.17, 15) is 4.79 Å². The summed E-state index contributed by atoms with van der Waals surface area (Å²) in [6.45, 7) is 8.21. The molecular weight excluding hydrogens is 494 g/mol. The predicted molar refractivity (Wildman–Crippen MR) is 151 cm³/mol. The minimum atomic E-state index is 0.0246. The fraction of sp³-hybridized carbons (Fsp3) is 0.581. The van der Waals surface area contributed by atoms with E-state index in [0.717, 1.165) is 86.1 Å². The van der Waals surface area contributed by atoms with Crippen LogP contribution in [-0.4, -0.2) is 89.2 Å². The van der Waals surface area contributed by atoms with Crippen molar-refractivity contribution in [3.05, 3.63) is 47.5 Å². The van der Waals surface area contributed by atoms with Crippen molar-refractivity contribution in [2.45, 2.75) is 50.8 Å². The Balaban J connectivity index is 1.15. The maximum absolute atomic E-state index is 13.5. The quantitative estimate of drug-likeness (QED) is 0.481. The number of likely N-dealkylation sites (tertiary alicyclic amines) is 1. The summed E-state index contributed by atoms with van der Waals surface area (Å²) >= 11 is 0. The van der Waals surface area contributed by atoms with Crippen LogP contribution in [0.5, 0.6) is 11.5 Å². The molecule has 210 valence electrons. The topological polar surface area (TPSA) is 63.7 Å². The summed E-state index contributed by atoms with van der Waals surface area (Å²) < 4.78 is 22.9. The van der Waals surface area contributed by atoms with Crippen LogP contribution in [0.25, 0.3) is 0 Å². The molecule has 39 heavy (non-hydrogen) atoms. The average Bonchev–Trinajstić information content (AvgIpc) is 3.70. The van der Waals surface area contributed by atoms with Crippen LogP contribution in [0.1, 0.15) is 42.1 Å². The molecule has 8 nitrogen and oxygen atoms in total. The Bertz CT molecular complexity index is 1180. The number of methoxy groups -OCH3 is 2. The lowest BCUT2D eigenvalue weighted by atomic mass is 9.98. The molecular formula is C31H41N3O5. The van der Waals surface area contributed by atoms with Crippen molar-refractivity contribution in [1.29, 1.82) is 0 Å². The van der Waals surface area contributed by atoms with Crippen LogP contribution in [0.4, 0.5) is 11.4 Å². The van der Waals surface area contributed by atoms with Gasteiger partial charge < -0.3 is 28.7 Å². The number of fused-ring (bicyclic) bond motifs is 2. The third-order valence-electron chi connectivity index (χ3n) is 9.01. The van der Waals surface area contributed by atoms with Gasteiger partial charge in [-0.3, -0.25) is 9.69 Å². The largest absolute Gasteiger partial charge is 0.495 e. The van der Waals surface area contributed by atoms with Gasteiger partial charge in [0.25, 0.3) is 5.91 Å². The van der Waals surface area contributed by atoms with Crippen LogP contribution < -0.4 is 19.3 Å². The Kier molecular flexibility index (Phi) is 7.69. The smallest absolute Gasteiger partial charge is 0.258 e. The highest BCUT2D eigenvalue weighted by Gasteiger charge is 2.43. The van der Waals surface area contributed by atoms with Gasteiger partial charge in [-0.05, 0) is 74.4 Å². The van der Waals surface area contributed by atoms with Gasteiger partial charge in [0.05, 0.1) is 25.5 Å². The van der Waals surface area contributed by atoms with Gasteiger partial charge in [0.15, 0.2) is 0 Å². The third kappa shape index (κ3) is 5.22. The molecule has 3 unspecified atom stereocenters. The van der Waals surface area contributed by atoms with Crippen molar-refractivity contribution in [2.75, 3.05) is 70.0 Å². The number of ether oxygens (including phenoxy) is 4. The SMILES string of the molecule is COCC(C)N1CC2CCN(c3ccc(N4CCc5cc(OC[C@@H]6CCCO6)ccc5C4=O)cc3OC)C2C1. The maximum atomic E-state index is 13.5. The normalized spacial score (nSPS) is 25.6. The van der Waals surface area contributed by atoms with Gasteiger partial charge in [-0.25, -0.2) is 0 Å². The molecule has 2 aromatic carbocycles. The van der Waals surface area contributed by atoms with E-state index in [1.54, 1.807) is 14.2 Å². The summed E-state index contributed by atoms with van der Waals surface area (Å²) in [6.07, 6.45) is 4.29. The number of benzene rings is 2. The highest BCUT2D eigenvalue weighted by atomic mass is 16.5. The van der Waals surface area contributed by atoms with Crippen LogP contribution >= 0.6 is 0 Å². The molecule has 6 rings (SSSR count). The highest BCUT2D eigenvalue weighted by Crippen LogP contribution is 2.41. The zero-order chi connectivity index (χ0) is 26.9. The molecule has 0 aliphatic carbocycles. The standard InChI is InChI=1S/C31H41N3O5/c1-21(19-36-2)32-17-23-11-13-34(29(23)18-32)28-9-6-24(16-30(28)37-3)33-12-10-22-15-25(7-8-27(22)31(33)35)39-20-26-5-4-14-38-26/h6-9,15-16,21,23,26,29H,4-5,10-14,17-20H2,1-3H3/t21?,23?,26-,29?/m0/s1. The van der Waals surface area contributed by atoms with E-state index in [1.165, 1.54) is 6.42 Å². The maximum Gasteiger partial charge on any atom is 0.258 e. The first-order chi connectivity index (χ1) is 19.1. The number of rotatable bonds is 9. The van der Waals surface area contributed by atoms with E-state index in [4.69, 9.17) is 18.9 Å². The van der Waals surface area contributed by atoms with Gasteiger partial charge in [0.1, 0.15) is 18.1 Å². The Hall–Kier alpha value is -2.81. The van der Waals surface area contributed by atoms with E-state index in [-0.39, 0.29) is 12.0 Å². The fourth-order valence-corrected chi connectivity index (χ4v) is 6.84. The molecule has 4 atom stereocenters. The molecule has 1 amide bonds. The lowest BCUT2D eigenvalue weighted by Gasteiger charge is -2.32. The van der Waals surface area contributed by atoms with Crippen LogP contribution in [-0.2, 0) is 15.9 Å². The second kappa shape index (κ2) is 11.4. The first-order valence-corrected chi connectivity index (χ1v) is 14.4. The first kappa shape index (κ1) is 26.4. The van der Waals surface area contributed by atoms with Crippen molar-refractivity contribution in [1.82, 2.24) is 4.90 Å². The van der Waals surface area contributed by atoms with E-state index >= 15 is 0 Å². The van der Waals surface area contributed by atoms with Gasteiger partial charge in [0.2, 0.25) is 0 Å². The number of anilines is 2. The molecule has 0 spiro atoms. The molecule has 8 heteroatoms. The fourth-order valence-electron chi connectivity index (χ4n) is 6.84. The van der Waals surface area contributed by atoms with Gasteiger partial charge in [-0.15, -0.1) is 0 Å². The molecule has 4 aliphatic heterocycles. The molecule has 0 saturated carbocycles. The van der Waals surface area contributed by atoms with Crippen LogP contribution in [0.2, 0.25) is 0 Å². The molecule has 2 aromatic rings. The number of hydrogen-bond acceptors (Lipinski definition) is 7. The molecule has 0 radical (unpaired) electrons. The van der Waals surface area contributed by atoms with E-state index in [1.807, 2.05) is 29.2 Å². The first-order valence-electron chi connectivity index (χ1n) is 14.4. The summed E-state index contributed by atoms with van der Waals surface area (Å²) in [5.74, 6) is 2.32. The number of hydrogen-bond donors (Lipinski definition) is 0. The van der Waals surface area contributed by atoms with Gasteiger partial charge in [0, 0.05) is 69.3 Å². The molecule has 0 N–H and O–H groups in total. The van der Waals surface area contributed by atoms with E-state index in [0.29, 0.717) is 31.2 Å². The van der Waals surface area contributed by atoms with Crippen LogP contribution in [0.3, 0.4) is 0 Å². The predicted octanol–water partition coefficient (Wildman–Crippen LogP) is 4.00. The number of amides is 1. The van der Waals surface area contributed by atoms with Gasteiger partial charge >= 0.3 is 0 Å². The van der Waals surface area contributed by atoms with E-state index < -0.39 is 0 Å². The molecule has 4 aliphatic rings. The Labute approximate surface area is 231 Å². The number of carbonyl (C=O) groups is 1. The molecule has 3 saturated heterocycles. The third-order valence-corrected chi connectivity index (χ3v) is 9.01. The van der Waals surface area contributed by atoms with E-state index in [2.05, 4.69) is 28.9 Å². The summed E-state index contributed by atoms with van der Waals surface area (Å²) in [6, 6.07) is 13.0. The second-order valence-electron chi connectivity index (χ2n) is 11.4. The minimum absolute atomic E-state index is 0.0246. The Morgan fingerprint density at radius 2 is 1.97 bits per heavy atom.